The summed E-state index contributed by atoms with van der Waals surface area (Å²) < 4.78 is 105. The van der Waals surface area contributed by atoms with Gasteiger partial charge in [0.1, 0.15) is 3.23 Å². The van der Waals surface area contributed by atoms with E-state index in [-0.39, 0.29) is 6.07 Å². The summed E-state index contributed by atoms with van der Waals surface area (Å²) in [5.41, 5.74) is -2.61. The molecule has 0 bridgehead atoms. The zero-order valence-corrected chi connectivity index (χ0v) is 13.1. The molecule has 1 aliphatic carbocycles. The highest BCUT2D eigenvalue weighted by atomic mass is 79.9. The lowest BCUT2D eigenvalue weighted by Crippen LogP contribution is -2.33. The van der Waals surface area contributed by atoms with Gasteiger partial charge in [-0.1, -0.05) is 31.9 Å². The van der Waals surface area contributed by atoms with Gasteiger partial charge < -0.3 is 0 Å². The second kappa shape index (κ2) is 5.63. The minimum absolute atomic E-state index is 0.00313. The normalized spacial score (nSPS) is 21.6. The van der Waals surface area contributed by atoms with Crippen LogP contribution >= 0.6 is 31.9 Å². The molecular weight excluding hydrogens is 456 g/mol. The topological polar surface area (TPSA) is 0 Å². The first kappa shape index (κ1) is 17.5. The van der Waals surface area contributed by atoms with Gasteiger partial charge >= 0.3 is 0 Å². The molecule has 0 radical (unpaired) electrons. The second-order valence-electron chi connectivity index (χ2n) is 4.18. The summed E-state index contributed by atoms with van der Waals surface area (Å²) in [5.74, 6) is -15.0. The number of allylic oxidation sites excluding steroid dienone is 4. The Labute approximate surface area is 134 Å². The van der Waals surface area contributed by atoms with Crippen LogP contribution in [0.4, 0.5) is 35.1 Å². The van der Waals surface area contributed by atoms with Crippen LogP contribution in [0.15, 0.2) is 23.5 Å². The van der Waals surface area contributed by atoms with Crippen molar-refractivity contribution in [2.75, 3.05) is 0 Å². The Balaban J connectivity index is 2.86. The van der Waals surface area contributed by atoms with Gasteiger partial charge in [-0.25, -0.2) is 35.1 Å². The maximum Gasteiger partial charge on any atom is 0.198 e. The fraction of sp³-hybridized carbons (Fsp3) is 0.167. The smallest absolute Gasteiger partial charge is 0.198 e. The van der Waals surface area contributed by atoms with Crippen molar-refractivity contribution in [3.8, 4) is 0 Å². The molecule has 0 nitrogen and oxygen atoms in total. The van der Waals surface area contributed by atoms with Crippen LogP contribution in [0.1, 0.15) is 5.56 Å². The van der Waals surface area contributed by atoms with E-state index in [4.69, 9.17) is 0 Å². The summed E-state index contributed by atoms with van der Waals surface area (Å²) in [4.78, 5) is 0. The Bertz CT molecular complexity index is 722. The van der Waals surface area contributed by atoms with E-state index in [9.17, 15) is 35.1 Å². The van der Waals surface area contributed by atoms with Crippen molar-refractivity contribution in [1.82, 2.24) is 0 Å². The summed E-state index contributed by atoms with van der Waals surface area (Å²) in [7, 11) is 0. The van der Waals surface area contributed by atoms with Crippen LogP contribution in [0.3, 0.4) is 0 Å². The van der Waals surface area contributed by atoms with Gasteiger partial charge in [-0.15, -0.1) is 0 Å². The number of rotatable bonds is 1. The van der Waals surface area contributed by atoms with Crippen LogP contribution in [0.25, 0.3) is 5.57 Å². The predicted molar refractivity (Wildman–Crippen MR) is 69.0 cm³/mol. The summed E-state index contributed by atoms with van der Waals surface area (Å²) in [6.45, 7) is 0. The molecule has 120 valence electrons. The molecule has 1 aromatic rings. The number of hydrogen-bond donors (Lipinski definition) is 0. The third kappa shape index (κ3) is 2.40. The van der Waals surface area contributed by atoms with Crippen LogP contribution in [0.5, 0.6) is 0 Å². The molecule has 0 spiro atoms. The van der Waals surface area contributed by atoms with Gasteiger partial charge in [0.15, 0.2) is 46.9 Å². The molecule has 1 aromatic carbocycles. The van der Waals surface area contributed by atoms with E-state index >= 15 is 0 Å². The van der Waals surface area contributed by atoms with Crippen molar-refractivity contribution in [1.29, 1.82) is 0 Å². The highest BCUT2D eigenvalue weighted by Gasteiger charge is 2.50. The maximum atomic E-state index is 13.9. The molecule has 0 heterocycles. The molecule has 0 saturated carbocycles. The van der Waals surface area contributed by atoms with E-state index in [1.165, 1.54) is 0 Å². The van der Waals surface area contributed by atoms with Crippen molar-refractivity contribution < 1.29 is 35.1 Å². The molecule has 1 aliphatic rings. The Morgan fingerprint density at radius 1 is 0.818 bits per heavy atom. The molecule has 0 saturated heterocycles. The van der Waals surface area contributed by atoms with Crippen molar-refractivity contribution in [2.45, 2.75) is 9.41 Å². The first-order valence-corrected chi connectivity index (χ1v) is 6.91. The van der Waals surface area contributed by atoms with E-state index in [2.05, 4.69) is 31.9 Å². The predicted octanol–water partition coefficient (Wildman–Crippen LogP) is 5.91. The minimum atomic E-state index is -2.88. The molecule has 0 N–H and O–H groups in total. The monoisotopic (exact) mass is 456 g/mol. The largest absolute Gasteiger partial charge is 0.237 e. The summed E-state index contributed by atoms with van der Waals surface area (Å²) in [6, 6.07) is 0.00313. The van der Waals surface area contributed by atoms with Gasteiger partial charge in [-0.3, -0.25) is 0 Å². The molecule has 0 aromatic heterocycles. The molecule has 0 aliphatic heterocycles. The number of benzene rings is 1. The van der Waals surface area contributed by atoms with Crippen LogP contribution < -0.4 is 0 Å². The highest BCUT2D eigenvalue weighted by molar-refractivity contribution is 9.25. The first-order chi connectivity index (χ1) is 10.0. The number of alkyl halides is 3. The highest BCUT2D eigenvalue weighted by Crippen LogP contribution is 2.54. The van der Waals surface area contributed by atoms with Crippen molar-refractivity contribution in [3.63, 3.8) is 0 Å². The molecule has 0 amide bonds. The van der Waals surface area contributed by atoms with Gasteiger partial charge in [0.2, 0.25) is 0 Å². The molecule has 1 unspecified atom stereocenters. The van der Waals surface area contributed by atoms with E-state index in [1.807, 2.05) is 0 Å². The Morgan fingerprint density at radius 3 is 1.91 bits per heavy atom. The van der Waals surface area contributed by atoms with Crippen LogP contribution in [-0.2, 0) is 0 Å². The Morgan fingerprint density at radius 2 is 1.36 bits per heavy atom. The fourth-order valence-electron chi connectivity index (χ4n) is 1.81. The van der Waals surface area contributed by atoms with E-state index in [0.29, 0.717) is 0 Å². The Hall–Kier alpha value is -0.900. The summed E-state index contributed by atoms with van der Waals surface area (Å²) in [6.07, 6.45) is -2.88. The zero-order chi connectivity index (χ0) is 17.0. The fourth-order valence-corrected chi connectivity index (χ4v) is 2.99. The van der Waals surface area contributed by atoms with Gasteiger partial charge in [0.05, 0.1) is 0 Å². The standard InChI is InChI=1S/C12H2Br2F8/c13-12(14)4(7(18)9(20)10(21)11(12)22)2-1-3(15)6(17)8(19)5(2)16/h1,11H. The number of hydrogen-bond acceptors (Lipinski definition) is 0. The lowest BCUT2D eigenvalue weighted by Gasteiger charge is -2.31. The van der Waals surface area contributed by atoms with Crippen molar-refractivity contribution in [2.24, 2.45) is 0 Å². The van der Waals surface area contributed by atoms with Gasteiger partial charge in [-0.05, 0) is 6.07 Å². The van der Waals surface area contributed by atoms with Crippen molar-refractivity contribution >= 4 is 37.4 Å². The Kier molecular flexibility index (Phi) is 4.46. The average Bonchev–Trinajstić information content (AvgIpc) is 2.46. The second-order valence-corrected chi connectivity index (χ2v) is 7.75. The van der Waals surface area contributed by atoms with Gasteiger partial charge in [-0.2, -0.15) is 0 Å². The molecule has 2 rings (SSSR count). The van der Waals surface area contributed by atoms with Crippen LogP contribution in [0.2, 0.25) is 0 Å². The maximum absolute atomic E-state index is 13.9. The van der Waals surface area contributed by atoms with Gasteiger partial charge in [0.25, 0.3) is 0 Å². The third-order valence-corrected chi connectivity index (χ3v) is 4.46. The summed E-state index contributed by atoms with van der Waals surface area (Å²) in [5, 5.41) is 0. The molecule has 0 fully saturated rings. The van der Waals surface area contributed by atoms with E-state index < -0.39 is 61.3 Å². The molecule has 10 heteroatoms. The minimum Gasteiger partial charge on any atom is -0.237 e. The lowest BCUT2D eigenvalue weighted by molar-refractivity contribution is 0.304. The van der Waals surface area contributed by atoms with Crippen LogP contribution in [0, 0.1) is 23.3 Å². The molecular formula is C12H2Br2F8. The van der Waals surface area contributed by atoms with Gasteiger partial charge in [0, 0.05) is 11.1 Å². The lowest BCUT2D eigenvalue weighted by atomic mass is 9.93. The zero-order valence-electron chi connectivity index (χ0n) is 9.93. The molecule has 22 heavy (non-hydrogen) atoms. The molecule has 1 atom stereocenters. The number of halogens is 10. The average molecular weight is 458 g/mol. The van der Waals surface area contributed by atoms with E-state index in [1.54, 1.807) is 0 Å². The first-order valence-electron chi connectivity index (χ1n) is 5.32. The third-order valence-electron chi connectivity index (χ3n) is 2.87. The quantitative estimate of drug-likeness (QED) is 0.213. The SMILES string of the molecule is FC1=C(F)C(F)C(Br)(Br)C(c2cc(F)c(F)c(F)c2F)=C1F. The summed E-state index contributed by atoms with van der Waals surface area (Å²) >= 11 is 4.94. The van der Waals surface area contributed by atoms with Crippen LogP contribution in [-0.4, -0.2) is 9.41 Å². The van der Waals surface area contributed by atoms with E-state index in [0.717, 1.165) is 0 Å². The van der Waals surface area contributed by atoms with Crippen molar-refractivity contribution in [3.05, 3.63) is 52.4 Å².